The Morgan fingerprint density at radius 1 is 1.14 bits per heavy atom. The van der Waals surface area contributed by atoms with E-state index in [4.69, 9.17) is 13.7 Å². The zero-order chi connectivity index (χ0) is 19.7. The van der Waals surface area contributed by atoms with E-state index in [1.54, 1.807) is 30.3 Å². The summed E-state index contributed by atoms with van der Waals surface area (Å²) in [6.45, 7) is 1.85. The third-order valence-corrected chi connectivity index (χ3v) is 4.09. The molecule has 0 aliphatic rings. The Balaban J connectivity index is 1.49. The topological polar surface area (TPSA) is 122 Å². The van der Waals surface area contributed by atoms with Crippen LogP contribution in [0, 0.1) is 17.0 Å². The molecule has 0 fully saturated rings. The lowest BCUT2D eigenvalue weighted by molar-refractivity contribution is -0.384. The van der Waals surface area contributed by atoms with Gasteiger partial charge in [-0.25, -0.2) is 4.79 Å². The van der Waals surface area contributed by atoms with Crippen molar-refractivity contribution >= 4 is 16.7 Å². The van der Waals surface area contributed by atoms with Crippen molar-refractivity contribution in [3.63, 3.8) is 0 Å². The van der Waals surface area contributed by atoms with Gasteiger partial charge in [-0.1, -0.05) is 5.16 Å². The largest absolute Gasteiger partial charge is 0.484 e. The molecule has 0 radical (unpaired) electrons. The van der Waals surface area contributed by atoms with Gasteiger partial charge in [0.2, 0.25) is 5.82 Å². The predicted molar refractivity (Wildman–Crippen MR) is 97.9 cm³/mol. The van der Waals surface area contributed by atoms with Crippen LogP contribution in [0.25, 0.3) is 22.4 Å². The molecule has 4 rings (SSSR count). The van der Waals surface area contributed by atoms with Crippen LogP contribution in [-0.2, 0) is 6.61 Å². The molecule has 9 nitrogen and oxygen atoms in total. The molecule has 0 aliphatic carbocycles. The van der Waals surface area contributed by atoms with Crippen molar-refractivity contribution in [1.29, 1.82) is 0 Å². The van der Waals surface area contributed by atoms with Crippen molar-refractivity contribution in [2.75, 3.05) is 0 Å². The number of hydrogen-bond donors (Lipinski definition) is 0. The fraction of sp³-hybridized carbons (Fsp3) is 0.105. The second-order valence-corrected chi connectivity index (χ2v) is 6.01. The Hall–Kier alpha value is -4.01. The van der Waals surface area contributed by atoms with Crippen LogP contribution in [0.1, 0.15) is 11.5 Å². The zero-order valence-corrected chi connectivity index (χ0v) is 14.6. The molecule has 0 saturated heterocycles. The first kappa shape index (κ1) is 17.4. The quantitative estimate of drug-likeness (QED) is 0.293. The van der Waals surface area contributed by atoms with Gasteiger partial charge < -0.3 is 13.7 Å². The van der Waals surface area contributed by atoms with E-state index in [0.717, 1.165) is 10.9 Å². The summed E-state index contributed by atoms with van der Waals surface area (Å²) in [5.74, 6) is 1.02. The second kappa shape index (κ2) is 6.95. The number of nitro groups is 1. The van der Waals surface area contributed by atoms with Gasteiger partial charge in [0.05, 0.1) is 4.92 Å². The number of aryl methyl sites for hydroxylation is 1. The van der Waals surface area contributed by atoms with Crippen molar-refractivity contribution in [2.45, 2.75) is 13.5 Å². The van der Waals surface area contributed by atoms with E-state index < -0.39 is 10.5 Å². The van der Waals surface area contributed by atoms with E-state index >= 15 is 0 Å². The summed E-state index contributed by atoms with van der Waals surface area (Å²) < 4.78 is 16.0. The minimum absolute atomic E-state index is 0.0154. The van der Waals surface area contributed by atoms with E-state index in [1.165, 1.54) is 18.2 Å². The monoisotopic (exact) mass is 379 g/mol. The molecule has 4 aromatic rings. The maximum Gasteiger partial charge on any atom is 0.336 e. The van der Waals surface area contributed by atoms with Crippen LogP contribution in [-0.4, -0.2) is 15.1 Å². The minimum atomic E-state index is -0.480. The zero-order valence-electron chi connectivity index (χ0n) is 14.6. The summed E-state index contributed by atoms with van der Waals surface area (Å²) in [6, 6.07) is 12.4. The third kappa shape index (κ3) is 3.45. The number of aromatic nitrogens is 2. The molecule has 0 bridgehead atoms. The number of hydrogen-bond acceptors (Lipinski definition) is 8. The van der Waals surface area contributed by atoms with Crippen LogP contribution < -0.4 is 10.4 Å². The van der Waals surface area contributed by atoms with Crippen molar-refractivity contribution in [2.24, 2.45) is 0 Å². The van der Waals surface area contributed by atoms with Gasteiger partial charge in [-0.3, -0.25) is 10.1 Å². The van der Waals surface area contributed by atoms with Crippen LogP contribution in [0.15, 0.2) is 62.3 Å². The molecule has 2 heterocycles. The number of nitro benzene ring substituents is 1. The molecule has 0 unspecified atom stereocenters. The molecule has 0 spiro atoms. The lowest BCUT2D eigenvalue weighted by Gasteiger charge is -2.05. The average Bonchev–Trinajstić information content (AvgIpc) is 3.15. The molecule has 0 amide bonds. The molecule has 0 aliphatic heterocycles. The van der Waals surface area contributed by atoms with Crippen molar-refractivity contribution in [3.8, 4) is 17.1 Å². The van der Waals surface area contributed by atoms with Crippen LogP contribution in [0.2, 0.25) is 0 Å². The smallest absolute Gasteiger partial charge is 0.336 e. The number of non-ortho nitro benzene ring substituents is 1. The lowest BCUT2D eigenvalue weighted by Crippen LogP contribution is -1.99. The molecule has 9 heteroatoms. The Morgan fingerprint density at radius 3 is 2.68 bits per heavy atom. The Morgan fingerprint density at radius 2 is 1.93 bits per heavy atom. The fourth-order valence-electron chi connectivity index (χ4n) is 2.70. The van der Waals surface area contributed by atoms with E-state index in [-0.39, 0.29) is 18.2 Å². The number of rotatable bonds is 5. The number of fused-ring (bicyclic) bond motifs is 1. The minimum Gasteiger partial charge on any atom is -0.484 e. The van der Waals surface area contributed by atoms with Crippen LogP contribution >= 0.6 is 0 Å². The maximum absolute atomic E-state index is 11.5. The lowest BCUT2D eigenvalue weighted by atomic mass is 10.1. The van der Waals surface area contributed by atoms with Crippen molar-refractivity contribution in [1.82, 2.24) is 10.1 Å². The van der Waals surface area contributed by atoms with Crippen molar-refractivity contribution in [3.05, 3.63) is 80.5 Å². The van der Waals surface area contributed by atoms with Crippen LogP contribution in [0.5, 0.6) is 5.75 Å². The molecule has 0 saturated carbocycles. The first-order chi connectivity index (χ1) is 13.5. The van der Waals surface area contributed by atoms with E-state index in [0.29, 0.717) is 22.7 Å². The highest BCUT2D eigenvalue weighted by Gasteiger charge is 2.12. The van der Waals surface area contributed by atoms with Gasteiger partial charge in [-0.2, -0.15) is 4.98 Å². The standard InChI is InChI=1S/C19H13N3O6/c1-11-8-18(23)27-16-9-14(6-7-15(11)16)26-10-17-20-19(21-28-17)12-2-4-13(5-3-12)22(24)25/h2-9H,10H2,1H3. The molecule has 2 aromatic heterocycles. The molecule has 0 N–H and O–H groups in total. The SMILES string of the molecule is Cc1cc(=O)oc2cc(OCc3nc(-c4ccc([N+](=O)[O-])cc4)no3)ccc12. The van der Waals surface area contributed by atoms with Crippen LogP contribution in [0.4, 0.5) is 5.69 Å². The Kier molecular flexibility index (Phi) is 4.32. The number of ether oxygens (including phenoxy) is 1. The maximum atomic E-state index is 11.5. The molecule has 2 aromatic carbocycles. The highest BCUT2D eigenvalue weighted by atomic mass is 16.6. The van der Waals surface area contributed by atoms with Gasteiger partial charge in [-0.15, -0.1) is 0 Å². The number of benzene rings is 2. The van der Waals surface area contributed by atoms with Gasteiger partial charge in [-0.05, 0) is 36.8 Å². The second-order valence-electron chi connectivity index (χ2n) is 6.01. The first-order valence-corrected chi connectivity index (χ1v) is 8.24. The molecule has 140 valence electrons. The fourth-order valence-corrected chi connectivity index (χ4v) is 2.70. The Bertz CT molecular complexity index is 1230. The van der Waals surface area contributed by atoms with Gasteiger partial charge in [0.1, 0.15) is 11.3 Å². The summed E-state index contributed by atoms with van der Waals surface area (Å²) in [5, 5.41) is 15.4. The van der Waals surface area contributed by atoms with Gasteiger partial charge >= 0.3 is 5.63 Å². The van der Waals surface area contributed by atoms with Crippen LogP contribution in [0.3, 0.4) is 0 Å². The van der Waals surface area contributed by atoms with E-state index in [9.17, 15) is 14.9 Å². The first-order valence-electron chi connectivity index (χ1n) is 8.24. The highest BCUT2D eigenvalue weighted by Crippen LogP contribution is 2.24. The molecular weight excluding hydrogens is 366 g/mol. The number of nitrogens with zero attached hydrogens (tertiary/aromatic N) is 3. The predicted octanol–water partition coefficient (Wildman–Crippen LogP) is 3.64. The highest BCUT2D eigenvalue weighted by molar-refractivity contribution is 5.81. The molecule has 0 atom stereocenters. The summed E-state index contributed by atoms with van der Waals surface area (Å²) >= 11 is 0. The summed E-state index contributed by atoms with van der Waals surface area (Å²) in [7, 11) is 0. The Labute approximate surface area is 157 Å². The molecular formula is C19H13N3O6. The summed E-state index contributed by atoms with van der Waals surface area (Å²) in [4.78, 5) is 26.0. The summed E-state index contributed by atoms with van der Waals surface area (Å²) in [6.07, 6.45) is 0. The third-order valence-electron chi connectivity index (χ3n) is 4.09. The van der Waals surface area contributed by atoms with Gasteiger partial charge in [0.25, 0.3) is 11.6 Å². The van der Waals surface area contributed by atoms with Crippen molar-refractivity contribution < 1.29 is 18.6 Å². The normalized spacial score (nSPS) is 10.9. The van der Waals surface area contributed by atoms with Gasteiger partial charge in [0, 0.05) is 35.2 Å². The molecule has 28 heavy (non-hydrogen) atoms. The van der Waals surface area contributed by atoms with E-state index in [2.05, 4.69) is 10.1 Å². The summed E-state index contributed by atoms with van der Waals surface area (Å²) in [5.41, 5.74) is 1.39. The van der Waals surface area contributed by atoms with Gasteiger partial charge in [0.15, 0.2) is 6.61 Å². The average molecular weight is 379 g/mol. The van der Waals surface area contributed by atoms with E-state index in [1.807, 2.05) is 6.92 Å².